The van der Waals surface area contributed by atoms with Gasteiger partial charge in [0.1, 0.15) is 5.82 Å². The minimum Gasteiger partial charge on any atom is -0.481 e. The molecule has 1 saturated heterocycles. The van der Waals surface area contributed by atoms with Crippen molar-refractivity contribution in [3.63, 3.8) is 0 Å². The van der Waals surface area contributed by atoms with E-state index >= 15 is 0 Å². The van der Waals surface area contributed by atoms with Gasteiger partial charge in [-0.1, -0.05) is 48.5 Å². The number of hydrogen-bond acceptors (Lipinski definition) is 4. The van der Waals surface area contributed by atoms with E-state index in [-0.39, 0.29) is 41.0 Å². The number of piperidine rings is 1. The lowest BCUT2D eigenvalue weighted by Crippen LogP contribution is -2.45. The van der Waals surface area contributed by atoms with E-state index in [1.54, 1.807) is 36.4 Å². The van der Waals surface area contributed by atoms with Crippen LogP contribution in [0.3, 0.4) is 0 Å². The summed E-state index contributed by atoms with van der Waals surface area (Å²) in [6.07, 6.45) is 5.83. The zero-order valence-corrected chi connectivity index (χ0v) is 24.4. The number of rotatable bonds is 9. The van der Waals surface area contributed by atoms with Crippen LogP contribution in [-0.2, 0) is 26.0 Å². The van der Waals surface area contributed by atoms with Gasteiger partial charge in [-0.2, -0.15) is 0 Å². The van der Waals surface area contributed by atoms with E-state index in [1.807, 2.05) is 29.2 Å². The topological polar surface area (TPSA) is 104 Å². The summed E-state index contributed by atoms with van der Waals surface area (Å²) in [5, 5.41) is 8.86. The van der Waals surface area contributed by atoms with Crippen LogP contribution in [0.2, 0.25) is 0 Å². The number of carbonyl (C=O) groups excluding carboxylic acids is 1. The molecule has 0 spiro atoms. The van der Waals surface area contributed by atoms with Crippen LogP contribution in [0.25, 0.3) is 11.1 Å². The molecule has 0 aromatic heterocycles. The van der Waals surface area contributed by atoms with E-state index in [2.05, 4.69) is 4.72 Å². The summed E-state index contributed by atoms with van der Waals surface area (Å²) in [6.45, 7) is 0.693. The monoisotopic (exact) mass is 592 g/mol. The molecule has 1 saturated carbocycles. The smallest absolute Gasteiger partial charge is 0.303 e. The fraction of sp³-hybridized carbons (Fsp3) is 0.394. The number of halogens is 1. The molecule has 7 nitrogen and oxygen atoms in total. The molecule has 0 bridgehead atoms. The minimum absolute atomic E-state index is 0.0408. The number of aryl methyl sites for hydroxylation is 1. The molecule has 5 rings (SSSR count). The number of nitrogens with zero attached hydrogens (tertiary/aromatic N) is 1. The Morgan fingerprint density at radius 3 is 2.07 bits per heavy atom. The van der Waals surface area contributed by atoms with Crippen molar-refractivity contribution in [2.75, 3.05) is 6.54 Å². The van der Waals surface area contributed by atoms with Crippen molar-refractivity contribution in [1.82, 2.24) is 9.62 Å². The van der Waals surface area contributed by atoms with Gasteiger partial charge in [-0.05, 0) is 97.9 Å². The van der Waals surface area contributed by atoms with Gasteiger partial charge in [0, 0.05) is 24.9 Å². The van der Waals surface area contributed by atoms with E-state index in [0.29, 0.717) is 38.6 Å². The molecule has 0 unspecified atom stereocenters. The molecule has 2 aliphatic rings. The first-order valence-electron chi connectivity index (χ1n) is 14.7. The summed E-state index contributed by atoms with van der Waals surface area (Å²) in [7, 11) is -3.72. The first-order valence-corrected chi connectivity index (χ1v) is 16.2. The molecule has 1 amide bonds. The molecule has 1 aliphatic carbocycles. The highest BCUT2D eigenvalue weighted by atomic mass is 32.2. The molecule has 42 heavy (non-hydrogen) atoms. The van der Waals surface area contributed by atoms with Crippen molar-refractivity contribution in [1.29, 1.82) is 0 Å². The number of aliphatic carboxylic acids is 1. The first-order chi connectivity index (χ1) is 20.2. The molecular weight excluding hydrogens is 555 g/mol. The predicted octanol–water partition coefficient (Wildman–Crippen LogP) is 6.10. The molecule has 1 heterocycles. The molecule has 3 aromatic rings. The molecule has 9 heteroatoms. The summed E-state index contributed by atoms with van der Waals surface area (Å²) < 4.78 is 42.6. The standard InChI is InChI=1S/C33H37FN2O5S/c34-28-15-9-26(10-16-28)31-3-1-2-22-36(31)33(39)27-11-17-29(18-12-27)35-42(40,41)30-19-13-25(14-20-30)24-7-4-23(5-8-24)6-21-32(37)38/h4-5,7-10,13-16,19-20,27,29,31,35H,1-3,6,11-12,17-18,21-22H2,(H,37,38)/t27-,29-,31-/m1/s1. The molecule has 3 aromatic carbocycles. The quantitative estimate of drug-likeness (QED) is 0.313. The average molecular weight is 593 g/mol. The van der Waals surface area contributed by atoms with Gasteiger partial charge in [0.15, 0.2) is 0 Å². The third kappa shape index (κ3) is 7.25. The maximum atomic E-state index is 13.5. The van der Waals surface area contributed by atoms with Gasteiger partial charge in [-0.3, -0.25) is 9.59 Å². The number of carbonyl (C=O) groups is 2. The van der Waals surface area contributed by atoms with Crippen LogP contribution in [0.1, 0.15) is 68.5 Å². The SMILES string of the molecule is O=C(O)CCc1ccc(-c2ccc(S(=O)(=O)N[C@H]3CC[C@H](C(=O)N4CCCC[C@@H]4c4ccc(F)cc4)CC3)cc2)cc1. The number of hydrogen-bond donors (Lipinski definition) is 2. The second-order valence-electron chi connectivity index (χ2n) is 11.4. The molecule has 222 valence electrons. The minimum atomic E-state index is -3.72. The summed E-state index contributed by atoms with van der Waals surface area (Å²) in [5.41, 5.74) is 3.69. The predicted molar refractivity (Wildman–Crippen MR) is 159 cm³/mol. The lowest BCUT2D eigenvalue weighted by atomic mass is 9.84. The van der Waals surface area contributed by atoms with Gasteiger partial charge < -0.3 is 10.0 Å². The summed E-state index contributed by atoms with van der Waals surface area (Å²) in [6, 6.07) is 20.5. The largest absolute Gasteiger partial charge is 0.481 e. The van der Waals surface area contributed by atoms with Crippen LogP contribution in [0.5, 0.6) is 0 Å². The molecule has 2 fully saturated rings. The Kier molecular flexibility index (Phi) is 9.38. The highest BCUT2D eigenvalue weighted by Gasteiger charge is 2.35. The van der Waals surface area contributed by atoms with Crippen molar-refractivity contribution >= 4 is 21.9 Å². The third-order valence-electron chi connectivity index (χ3n) is 8.52. The average Bonchev–Trinajstić information content (AvgIpc) is 3.01. The lowest BCUT2D eigenvalue weighted by Gasteiger charge is -2.39. The second-order valence-corrected chi connectivity index (χ2v) is 13.1. The van der Waals surface area contributed by atoms with Crippen LogP contribution < -0.4 is 4.72 Å². The zero-order chi connectivity index (χ0) is 29.7. The van der Waals surface area contributed by atoms with Crippen molar-refractivity contribution in [3.05, 3.63) is 89.7 Å². The van der Waals surface area contributed by atoms with Crippen LogP contribution >= 0.6 is 0 Å². The van der Waals surface area contributed by atoms with E-state index in [9.17, 15) is 22.4 Å². The lowest BCUT2D eigenvalue weighted by molar-refractivity contribution is -0.140. The van der Waals surface area contributed by atoms with Gasteiger partial charge in [0.2, 0.25) is 15.9 Å². The van der Waals surface area contributed by atoms with E-state index < -0.39 is 16.0 Å². The van der Waals surface area contributed by atoms with Gasteiger partial charge in [-0.25, -0.2) is 17.5 Å². The number of carboxylic acid groups (broad SMARTS) is 1. The Labute approximate surface area is 246 Å². The number of nitrogens with one attached hydrogen (secondary N) is 1. The Morgan fingerprint density at radius 2 is 1.45 bits per heavy atom. The normalized spacial score (nSPS) is 21.2. The third-order valence-corrected chi connectivity index (χ3v) is 10.1. The van der Waals surface area contributed by atoms with Crippen LogP contribution in [-0.4, -0.2) is 42.9 Å². The van der Waals surface area contributed by atoms with Gasteiger partial charge in [0.25, 0.3) is 0 Å². The molecule has 0 radical (unpaired) electrons. The number of carboxylic acids is 1. The molecule has 2 N–H and O–H groups in total. The van der Waals surface area contributed by atoms with Crippen molar-refractivity contribution < 1.29 is 27.5 Å². The molecule has 1 aliphatic heterocycles. The fourth-order valence-corrected chi connectivity index (χ4v) is 7.45. The highest BCUT2D eigenvalue weighted by molar-refractivity contribution is 7.89. The Hall–Kier alpha value is -3.56. The van der Waals surface area contributed by atoms with E-state index in [0.717, 1.165) is 41.5 Å². The summed E-state index contributed by atoms with van der Waals surface area (Å²) >= 11 is 0. The van der Waals surface area contributed by atoms with Crippen LogP contribution in [0, 0.1) is 11.7 Å². The first kappa shape index (κ1) is 29.9. The summed E-state index contributed by atoms with van der Waals surface area (Å²) in [4.78, 5) is 26.5. The van der Waals surface area contributed by atoms with Gasteiger partial charge >= 0.3 is 5.97 Å². The van der Waals surface area contributed by atoms with Gasteiger partial charge in [-0.15, -0.1) is 0 Å². The Bertz CT molecular complexity index is 1480. The van der Waals surface area contributed by atoms with E-state index in [4.69, 9.17) is 5.11 Å². The van der Waals surface area contributed by atoms with Crippen LogP contribution in [0.15, 0.2) is 77.7 Å². The molecule has 1 atom stereocenters. The van der Waals surface area contributed by atoms with E-state index in [1.165, 1.54) is 12.1 Å². The maximum Gasteiger partial charge on any atom is 0.303 e. The Morgan fingerprint density at radius 1 is 0.833 bits per heavy atom. The number of benzene rings is 3. The van der Waals surface area contributed by atoms with Crippen molar-refractivity contribution in [3.8, 4) is 11.1 Å². The van der Waals surface area contributed by atoms with Crippen LogP contribution in [0.4, 0.5) is 4.39 Å². The zero-order valence-electron chi connectivity index (χ0n) is 23.5. The molecular formula is C33H37FN2O5S. The maximum absolute atomic E-state index is 13.5. The number of amides is 1. The second kappa shape index (κ2) is 13.2. The van der Waals surface area contributed by atoms with Gasteiger partial charge in [0.05, 0.1) is 10.9 Å². The number of likely N-dealkylation sites (tertiary alicyclic amines) is 1. The Balaban J connectivity index is 1.16. The highest BCUT2D eigenvalue weighted by Crippen LogP contribution is 2.35. The summed E-state index contributed by atoms with van der Waals surface area (Å²) in [5.74, 6) is -1.14. The van der Waals surface area contributed by atoms with Crippen molar-refractivity contribution in [2.45, 2.75) is 74.8 Å². The number of sulfonamides is 1. The van der Waals surface area contributed by atoms with Crippen molar-refractivity contribution in [2.24, 2.45) is 5.92 Å². The fourth-order valence-electron chi connectivity index (χ4n) is 6.15.